The Kier molecular flexibility index (Phi) is 7.59. The SMILES string of the molecule is O=C(CCCn1c(=O)cc(Nc2ccc(Cl)c(Cl)c2)[nH]c1=O)N1CCN(c2ccccc2)CC1. The van der Waals surface area contributed by atoms with Crippen LogP contribution in [0.4, 0.5) is 17.2 Å². The minimum Gasteiger partial charge on any atom is -0.368 e. The summed E-state index contributed by atoms with van der Waals surface area (Å²) in [6.45, 7) is 3.04. The molecule has 178 valence electrons. The number of para-hydroxylation sites is 1. The number of aromatic amines is 1. The van der Waals surface area contributed by atoms with Gasteiger partial charge in [0.2, 0.25) is 5.91 Å². The molecule has 1 fully saturated rings. The monoisotopic (exact) mass is 501 g/mol. The van der Waals surface area contributed by atoms with Crippen molar-refractivity contribution in [3.05, 3.63) is 85.5 Å². The smallest absolute Gasteiger partial charge is 0.329 e. The van der Waals surface area contributed by atoms with Gasteiger partial charge in [-0.25, -0.2) is 4.79 Å². The summed E-state index contributed by atoms with van der Waals surface area (Å²) >= 11 is 11.9. The molecule has 4 rings (SSSR count). The van der Waals surface area contributed by atoms with Crippen molar-refractivity contribution in [3.63, 3.8) is 0 Å². The molecular weight excluding hydrogens is 477 g/mol. The quantitative estimate of drug-likeness (QED) is 0.514. The molecule has 10 heteroatoms. The van der Waals surface area contributed by atoms with Crippen molar-refractivity contribution in [2.24, 2.45) is 0 Å². The van der Waals surface area contributed by atoms with Gasteiger partial charge in [-0.2, -0.15) is 0 Å². The molecule has 34 heavy (non-hydrogen) atoms. The molecule has 2 N–H and O–H groups in total. The zero-order chi connectivity index (χ0) is 24.1. The van der Waals surface area contributed by atoms with Gasteiger partial charge >= 0.3 is 5.69 Å². The molecule has 8 nitrogen and oxygen atoms in total. The molecule has 0 atom stereocenters. The van der Waals surface area contributed by atoms with Gasteiger partial charge in [-0.3, -0.25) is 19.1 Å². The highest BCUT2D eigenvalue weighted by molar-refractivity contribution is 6.42. The molecule has 0 saturated carbocycles. The summed E-state index contributed by atoms with van der Waals surface area (Å²) < 4.78 is 1.10. The van der Waals surface area contributed by atoms with E-state index in [1.165, 1.54) is 6.07 Å². The van der Waals surface area contributed by atoms with E-state index in [2.05, 4.69) is 27.3 Å². The highest BCUT2D eigenvalue weighted by atomic mass is 35.5. The number of benzene rings is 2. The fourth-order valence-corrected chi connectivity index (χ4v) is 4.23. The Morgan fingerprint density at radius 2 is 1.68 bits per heavy atom. The molecule has 0 spiro atoms. The van der Waals surface area contributed by atoms with Crippen LogP contribution >= 0.6 is 23.2 Å². The van der Waals surface area contributed by atoms with Crippen molar-refractivity contribution in [2.75, 3.05) is 36.4 Å². The molecule has 0 aliphatic carbocycles. The van der Waals surface area contributed by atoms with Crippen LogP contribution in [0, 0.1) is 0 Å². The standard InChI is InChI=1S/C24H25Cl2N5O3/c25-19-9-8-17(15-20(19)26)27-21-16-23(33)31(24(34)28-21)10-4-7-22(32)30-13-11-29(12-14-30)18-5-2-1-3-6-18/h1-3,5-6,8-9,15-16,27H,4,7,10-14H2,(H,28,34). The lowest BCUT2D eigenvalue weighted by Gasteiger charge is -2.36. The van der Waals surface area contributed by atoms with E-state index >= 15 is 0 Å². The number of hydrogen-bond acceptors (Lipinski definition) is 5. The Hall–Kier alpha value is -3.23. The molecule has 1 aliphatic heterocycles. The van der Waals surface area contributed by atoms with E-state index in [1.807, 2.05) is 23.1 Å². The largest absolute Gasteiger partial charge is 0.368 e. The molecule has 0 unspecified atom stereocenters. The average Bonchev–Trinajstić information content (AvgIpc) is 2.84. The number of H-pyrrole nitrogens is 1. The molecule has 1 aromatic heterocycles. The second-order valence-electron chi connectivity index (χ2n) is 8.04. The van der Waals surface area contributed by atoms with Gasteiger partial charge in [0.05, 0.1) is 10.0 Å². The van der Waals surface area contributed by atoms with Gasteiger partial charge in [0.1, 0.15) is 5.82 Å². The highest BCUT2D eigenvalue weighted by Crippen LogP contribution is 2.26. The number of nitrogens with one attached hydrogen (secondary N) is 2. The van der Waals surface area contributed by atoms with Crippen LogP contribution in [0.2, 0.25) is 10.0 Å². The van der Waals surface area contributed by atoms with Gasteiger partial charge in [0.25, 0.3) is 5.56 Å². The maximum atomic E-state index is 12.6. The molecule has 1 saturated heterocycles. The molecule has 2 aromatic carbocycles. The summed E-state index contributed by atoms with van der Waals surface area (Å²) in [5, 5.41) is 3.70. The van der Waals surface area contributed by atoms with Gasteiger partial charge in [-0.05, 0) is 36.8 Å². The summed E-state index contributed by atoms with van der Waals surface area (Å²) in [4.78, 5) is 44.3. The number of halogens is 2. The van der Waals surface area contributed by atoms with Crippen LogP contribution in [0.5, 0.6) is 0 Å². The number of amides is 1. The number of rotatable bonds is 7. The lowest BCUT2D eigenvalue weighted by molar-refractivity contribution is -0.131. The fraction of sp³-hybridized carbons (Fsp3) is 0.292. The number of carbonyl (C=O) groups excluding carboxylic acids is 1. The Morgan fingerprint density at radius 3 is 2.35 bits per heavy atom. The van der Waals surface area contributed by atoms with Crippen LogP contribution in [-0.2, 0) is 11.3 Å². The van der Waals surface area contributed by atoms with Crippen molar-refractivity contribution in [1.29, 1.82) is 0 Å². The summed E-state index contributed by atoms with van der Waals surface area (Å²) in [7, 11) is 0. The van der Waals surface area contributed by atoms with E-state index in [4.69, 9.17) is 23.2 Å². The molecule has 0 bridgehead atoms. The van der Waals surface area contributed by atoms with Crippen LogP contribution in [0.3, 0.4) is 0 Å². The number of carbonyl (C=O) groups is 1. The summed E-state index contributed by atoms with van der Waals surface area (Å²) in [6, 6.07) is 16.3. The van der Waals surface area contributed by atoms with E-state index in [0.717, 1.165) is 23.3 Å². The fourth-order valence-electron chi connectivity index (χ4n) is 3.93. The van der Waals surface area contributed by atoms with Crippen LogP contribution in [-0.4, -0.2) is 46.5 Å². The number of aromatic nitrogens is 2. The Bertz CT molecular complexity index is 1240. The third kappa shape index (κ3) is 5.81. The number of anilines is 3. The molecule has 1 aliphatic rings. The summed E-state index contributed by atoms with van der Waals surface area (Å²) in [5.41, 5.74) is 0.750. The second-order valence-corrected chi connectivity index (χ2v) is 8.85. The van der Waals surface area contributed by atoms with Gasteiger partial charge in [-0.15, -0.1) is 0 Å². The summed E-state index contributed by atoms with van der Waals surface area (Å²) in [6.07, 6.45) is 0.681. The van der Waals surface area contributed by atoms with Crippen LogP contribution in [0.25, 0.3) is 0 Å². The second kappa shape index (κ2) is 10.8. The third-order valence-corrected chi connectivity index (χ3v) is 6.48. The van der Waals surface area contributed by atoms with Crippen LogP contribution < -0.4 is 21.5 Å². The van der Waals surface area contributed by atoms with Crippen LogP contribution in [0.15, 0.2) is 64.2 Å². The maximum Gasteiger partial charge on any atom is 0.329 e. The minimum atomic E-state index is -0.543. The van der Waals surface area contributed by atoms with Crippen molar-refractivity contribution < 1.29 is 4.79 Å². The van der Waals surface area contributed by atoms with Crippen LogP contribution in [0.1, 0.15) is 12.8 Å². The lowest BCUT2D eigenvalue weighted by Crippen LogP contribution is -2.48. The van der Waals surface area contributed by atoms with E-state index in [1.54, 1.807) is 18.2 Å². The molecule has 1 amide bonds. The van der Waals surface area contributed by atoms with Gasteiger partial charge < -0.3 is 15.1 Å². The zero-order valence-corrected chi connectivity index (χ0v) is 20.0. The maximum absolute atomic E-state index is 12.6. The first kappa shape index (κ1) is 23.9. The van der Waals surface area contributed by atoms with Crippen molar-refractivity contribution in [3.8, 4) is 0 Å². The first-order valence-corrected chi connectivity index (χ1v) is 11.8. The average molecular weight is 502 g/mol. The van der Waals surface area contributed by atoms with Gasteiger partial charge in [-0.1, -0.05) is 41.4 Å². The van der Waals surface area contributed by atoms with E-state index in [9.17, 15) is 14.4 Å². The van der Waals surface area contributed by atoms with Gasteiger partial charge in [0.15, 0.2) is 0 Å². The van der Waals surface area contributed by atoms with E-state index in [-0.39, 0.29) is 24.7 Å². The topological polar surface area (TPSA) is 90.4 Å². The zero-order valence-electron chi connectivity index (χ0n) is 18.5. The highest BCUT2D eigenvalue weighted by Gasteiger charge is 2.21. The molecule has 3 aromatic rings. The van der Waals surface area contributed by atoms with Gasteiger partial charge in [0, 0.05) is 56.6 Å². The van der Waals surface area contributed by atoms with E-state index < -0.39 is 11.2 Å². The Balaban J connectivity index is 1.29. The number of nitrogens with zero attached hydrogens (tertiary/aromatic N) is 3. The van der Waals surface area contributed by atoms with Crippen molar-refractivity contribution in [2.45, 2.75) is 19.4 Å². The van der Waals surface area contributed by atoms with Crippen molar-refractivity contribution >= 4 is 46.3 Å². The lowest BCUT2D eigenvalue weighted by atomic mass is 10.2. The third-order valence-electron chi connectivity index (χ3n) is 5.75. The minimum absolute atomic E-state index is 0.0371. The predicted molar refractivity (Wildman–Crippen MR) is 136 cm³/mol. The first-order valence-electron chi connectivity index (χ1n) is 11.0. The number of piperazine rings is 1. The molecular formula is C24H25Cl2N5O3. The first-order chi connectivity index (χ1) is 16.4. The van der Waals surface area contributed by atoms with E-state index in [0.29, 0.717) is 35.2 Å². The van der Waals surface area contributed by atoms with Crippen molar-refractivity contribution in [1.82, 2.24) is 14.5 Å². The molecule has 0 radical (unpaired) electrons. The molecule has 2 heterocycles. The Morgan fingerprint density at radius 1 is 0.941 bits per heavy atom. The Labute approximate surface area is 206 Å². The normalized spacial score (nSPS) is 13.7. The predicted octanol–water partition coefficient (Wildman–Crippen LogP) is 3.72. The number of hydrogen-bond donors (Lipinski definition) is 2. The summed E-state index contributed by atoms with van der Waals surface area (Å²) in [5.74, 6) is 0.284.